The summed E-state index contributed by atoms with van der Waals surface area (Å²) in [5.41, 5.74) is 8.84. The van der Waals surface area contributed by atoms with Gasteiger partial charge < -0.3 is 11.1 Å². The highest BCUT2D eigenvalue weighted by molar-refractivity contribution is 7.14. The van der Waals surface area contributed by atoms with Gasteiger partial charge in [-0.15, -0.1) is 11.3 Å². The molecule has 1 unspecified atom stereocenters. The number of amides is 2. The number of carbonyl (C=O) groups excluding carboxylic acids is 2. The Bertz CT molecular complexity index is 985. The van der Waals surface area contributed by atoms with E-state index in [0.29, 0.717) is 22.9 Å². The Labute approximate surface area is 168 Å². The van der Waals surface area contributed by atoms with Crippen molar-refractivity contribution in [2.75, 3.05) is 0 Å². The van der Waals surface area contributed by atoms with Gasteiger partial charge in [-0.3, -0.25) is 9.59 Å². The second-order valence-corrected chi connectivity index (χ2v) is 7.72. The summed E-state index contributed by atoms with van der Waals surface area (Å²) in [4.78, 5) is 28.7. The third-order valence-electron chi connectivity index (χ3n) is 4.67. The summed E-state index contributed by atoms with van der Waals surface area (Å²) < 4.78 is 0. The molecule has 5 nitrogen and oxygen atoms in total. The lowest BCUT2D eigenvalue weighted by atomic mass is 9.97. The topological polar surface area (TPSA) is 85.1 Å². The van der Waals surface area contributed by atoms with E-state index in [-0.39, 0.29) is 5.91 Å². The minimum Gasteiger partial charge on any atom is -0.366 e. The number of primary amides is 1. The molecule has 1 heterocycles. The molecule has 0 saturated heterocycles. The van der Waals surface area contributed by atoms with Crippen LogP contribution >= 0.6 is 11.3 Å². The van der Waals surface area contributed by atoms with Crippen LogP contribution in [0.2, 0.25) is 0 Å². The van der Waals surface area contributed by atoms with Crippen molar-refractivity contribution in [3.8, 4) is 0 Å². The van der Waals surface area contributed by atoms with E-state index in [1.807, 2.05) is 12.1 Å². The Hall–Kier alpha value is -2.99. The molecular formula is C22H23N3O2S. The number of benzene rings is 1. The largest absolute Gasteiger partial charge is 0.366 e. The van der Waals surface area contributed by atoms with E-state index in [2.05, 4.69) is 42.4 Å². The number of rotatable bonds is 6. The van der Waals surface area contributed by atoms with Crippen LogP contribution in [0.5, 0.6) is 0 Å². The molecule has 144 valence electrons. The summed E-state index contributed by atoms with van der Waals surface area (Å²) in [5.74, 6) is -0.238. The molecule has 1 aromatic heterocycles. The molecule has 0 fully saturated rings. The molecule has 1 aliphatic rings. The van der Waals surface area contributed by atoms with Gasteiger partial charge in [0.05, 0.1) is 6.20 Å². The van der Waals surface area contributed by atoms with Gasteiger partial charge in [-0.05, 0) is 37.0 Å². The average Bonchev–Trinajstić information content (AvgIpc) is 3.11. The van der Waals surface area contributed by atoms with Crippen molar-refractivity contribution < 1.29 is 9.59 Å². The highest BCUT2D eigenvalue weighted by atomic mass is 32.1. The lowest BCUT2D eigenvalue weighted by Gasteiger charge is -2.09. The normalized spacial score (nSPS) is 16.1. The van der Waals surface area contributed by atoms with Crippen LogP contribution < -0.4 is 11.1 Å². The van der Waals surface area contributed by atoms with Crippen LogP contribution in [0.15, 0.2) is 60.3 Å². The van der Waals surface area contributed by atoms with E-state index in [1.54, 1.807) is 24.4 Å². The standard InChI is InChI=1S/C22H23N3O2S/c1-3-16-7-5-9-18(10-14(16)2)22-25-13-19(28-22)21(27)24-12-15-6-4-8-17(11-15)20(23)26/h4-11,13,16H,3,12H2,1-2H3,(H2,23,26)(H,24,27). The van der Waals surface area contributed by atoms with Crippen LogP contribution in [0.1, 0.15) is 50.9 Å². The summed E-state index contributed by atoms with van der Waals surface area (Å²) in [5, 5.41) is 3.69. The van der Waals surface area contributed by atoms with Gasteiger partial charge in [0.25, 0.3) is 5.91 Å². The van der Waals surface area contributed by atoms with E-state index in [4.69, 9.17) is 5.73 Å². The molecular weight excluding hydrogens is 370 g/mol. The fourth-order valence-corrected chi connectivity index (χ4v) is 3.88. The van der Waals surface area contributed by atoms with Crippen molar-refractivity contribution in [2.24, 2.45) is 11.7 Å². The van der Waals surface area contributed by atoms with Crippen LogP contribution in [0.4, 0.5) is 0 Å². The van der Waals surface area contributed by atoms with Crippen molar-refractivity contribution >= 4 is 28.7 Å². The molecule has 3 N–H and O–H groups in total. The van der Waals surface area contributed by atoms with E-state index in [9.17, 15) is 9.59 Å². The quantitative estimate of drug-likeness (QED) is 0.775. The maximum atomic E-state index is 12.5. The summed E-state index contributed by atoms with van der Waals surface area (Å²) in [6, 6.07) is 6.92. The van der Waals surface area contributed by atoms with Crippen LogP contribution in [0.25, 0.3) is 5.57 Å². The minimum absolute atomic E-state index is 0.190. The third kappa shape index (κ3) is 4.64. The van der Waals surface area contributed by atoms with Crippen molar-refractivity contribution in [3.63, 3.8) is 0 Å². The smallest absolute Gasteiger partial charge is 0.263 e. The van der Waals surface area contributed by atoms with Crippen LogP contribution in [-0.2, 0) is 6.54 Å². The molecule has 0 saturated carbocycles. The molecule has 1 atom stereocenters. The zero-order valence-corrected chi connectivity index (χ0v) is 16.8. The number of nitrogens with one attached hydrogen (secondary N) is 1. The number of nitrogens with two attached hydrogens (primary N) is 1. The molecule has 0 aliphatic heterocycles. The number of thiazole rings is 1. The molecule has 28 heavy (non-hydrogen) atoms. The lowest BCUT2D eigenvalue weighted by Crippen LogP contribution is -2.22. The fourth-order valence-electron chi connectivity index (χ4n) is 3.05. The van der Waals surface area contributed by atoms with E-state index in [1.165, 1.54) is 16.9 Å². The van der Waals surface area contributed by atoms with E-state index < -0.39 is 5.91 Å². The third-order valence-corrected chi connectivity index (χ3v) is 5.71. The Balaban J connectivity index is 1.68. The summed E-state index contributed by atoms with van der Waals surface area (Å²) in [6.07, 6.45) is 11.1. The van der Waals surface area contributed by atoms with Crippen LogP contribution in [0, 0.1) is 5.92 Å². The average molecular weight is 394 g/mol. The Morgan fingerprint density at radius 2 is 2.14 bits per heavy atom. The van der Waals surface area contributed by atoms with Crippen LogP contribution in [0.3, 0.4) is 0 Å². The van der Waals surface area contributed by atoms with Gasteiger partial charge in [-0.1, -0.05) is 48.9 Å². The first-order chi connectivity index (χ1) is 13.5. The molecule has 0 bridgehead atoms. The molecule has 2 aromatic rings. The molecule has 3 rings (SSSR count). The van der Waals surface area contributed by atoms with Crippen molar-refractivity contribution in [3.05, 3.63) is 81.4 Å². The predicted molar refractivity (Wildman–Crippen MR) is 113 cm³/mol. The number of hydrogen-bond acceptors (Lipinski definition) is 4. The molecule has 0 radical (unpaired) electrons. The SMILES string of the molecule is CCC1C=CC=C(c2ncc(C(=O)NCc3cccc(C(N)=O)c3)s2)C=C1C. The first kappa shape index (κ1) is 19.8. The Morgan fingerprint density at radius 3 is 2.89 bits per heavy atom. The molecule has 1 aliphatic carbocycles. The van der Waals surface area contributed by atoms with Gasteiger partial charge in [-0.2, -0.15) is 0 Å². The van der Waals surface area contributed by atoms with E-state index >= 15 is 0 Å². The second-order valence-electron chi connectivity index (χ2n) is 6.69. The van der Waals surface area contributed by atoms with Crippen molar-refractivity contribution in [1.29, 1.82) is 0 Å². The number of aromatic nitrogens is 1. The Morgan fingerprint density at radius 1 is 1.32 bits per heavy atom. The number of allylic oxidation sites excluding steroid dienone is 6. The number of nitrogens with zero attached hydrogens (tertiary/aromatic N) is 1. The maximum Gasteiger partial charge on any atom is 0.263 e. The summed E-state index contributed by atoms with van der Waals surface area (Å²) in [6.45, 7) is 4.61. The predicted octanol–water partition coefficient (Wildman–Crippen LogP) is 4.10. The second kappa shape index (κ2) is 8.80. The zero-order chi connectivity index (χ0) is 20.1. The number of hydrogen-bond donors (Lipinski definition) is 2. The first-order valence-electron chi connectivity index (χ1n) is 9.17. The lowest BCUT2D eigenvalue weighted by molar-refractivity contribution is 0.0954. The van der Waals surface area contributed by atoms with Gasteiger partial charge >= 0.3 is 0 Å². The monoisotopic (exact) mass is 393 g/mol. The van der Waals surface area contributed by atoms with Gasteiger partial charge in [0, 0.05) is 17.7 Å². The summed E-state index contributed by atoms with van der Waals surface area (Å²) >= 11 is 1.37. The van der Waals surface area contributed by atoms with Gasteiger partial charge in [0.1, 0.15) is 9.88 Å². The van der Waals surface area contributed by atoms with Gasteiger partial charge in [0.15, 0.2) is 0 Å². The van der Waals surface area contributed by atoms with E-state index in [0.717, 1.165) is 22.6 Å². The van der Waals surface area contributed by atoms with Crippen molar-refractivity contribution in [2.45, 2.75) is 26.8 Å². The zero-order valence-electron chi connectivity index (χ0n) is 15.9. The minimum atomic E-state index is -0.486. The van der Waals surface area contributed by atoms with Crippen LogP contribution in [-0.4, -0.2) is 16.8 Å². The molecule has 2 amide bonds. The first-order valence-corrected chi connectivity index (χ1v) is 9.99. The number of carbonyl (C=O) groups is 2. The van der Waals surface area contributed by atoms with Gasteiger partial charge in [0.2, 0.25) is 5.91 Å². The highest BCUT2D eigenvalue weighted by Crippen LogP contribution is 2.28. The maximum absolute atomic E-state index is 12.5. The van der Waals surface area contributed by atoms with Crippen molar-refractivity contribution in [1.82, 2.24) is 10.3 Å². The summed E-state index contributed by atoms with van der Waals surface area (Å²) in [7, 11) is 0. The molecule has 0 spiro atoms. The highest BCUT2D eigenvalue weighted by Gasteiger charge is 2.14. The fraction of sp³-hybridized carbons (Fsp3) is 0.227. The molecule has 1 aromatic carbocycles. The Kier molecular flexibility index (Phi) is 6.21. The molecule has 6 heteroatoms. The van der Waals surface area contributed by atoms with Gasteiger partial charge in [-0.25, -0.2) is 4.98 Å².